The average Bonchev–Trinajstić information content (AvgIpc) is 2.93. The molecule has 0 saturated heterocycles. The fraction of sp³-hybridized carbons (Fsp3) is 0.579. The largest absolute Gasteiger partial charge is 0.314 e. The first-order valence-electron chi connectivity index (χ1n) is 8.92. The Labute approximate surface area is 139 Å². The second-order valence-corrected chi connectivity index (χ2v) is 6.65. The molecule has 124 valence electrons. The molecule has 4 nitrogen and oxygen atoms in total. The van der Waals surface area contributed by atoms with Gasteiger partial charge in [0.15, 0.2) is 0 Å². The van der Waals surface area contributed by atoms with Crippen molar-refractivity contribution in [2.75, 3.05) is 0 Å². The summed E-state index contributed by atoms with van der Waals surface area (Å²) < 4.78 is 2.21. The molecule has 1 N–H and O–H groups in total. The van der Waals surface area contributed by atoms with E-state index in [1.165, 1.54) is 31.2 Å². The molecule has 1 aliphatic carbocycles. The Balaban J connectivity index is 1.66. The van der Waals surface area contributed by atoms with Crippen LogP contribution in [0.3, 0.4) is 0 Å². The molecule has 0 radical (unpaired) electrons. The highest BCUT2D eigenvalue weighted by Gasteiger charge is 2.14. The summed E-state index contributed by atoms with van der Waals surface area (Å²) in [6.45, 7) is 8.20. The van der Waals surface area contributed by atoms with Crippen molar-refractivity contribution < 1.29 is 0 Å². The highest BCUT2D eigenvalue weighted by Crippen LogP contribution is 2.24. The van der Waals surface area contributed by atoms with Crippen molar-refractivity contribution in [2.45, 2.75) is 72.0 Å². The molecule has 1 atom stereocenters. The Morgan fingerprint density at radius 2 is 1.96 bits per heavy atom. The molecule has 23 heavy (non-hydrogen) atoms. The van der Waals surface area contributed by atoms with E-state index in [1.54, 1.807) is 11.1 Å². The molecule has 1 aromatic carbocycles. The van der Waals surface area contributed by atoms with Crippen LogP contribution in [0.25, 0.3) is 0 Å². The standard InChI is InChI=1S/C19H28N4/c1-4-11-23-15(3)21-22-19(23)13-20-14(2)17-10-9-16-7-5-6-8-18(16)12-17/h9-10,12,14,20H,4-8,11,13H2,1-3H3. The van der Waals surface area contributed by atoms with E-state index in [0.717, 1.165) is 31.2 Å². The Kier molecular flexibility index (Phi) is 5.11. The van der Waals surface area contributed by atoms with Gasteiger partial charge < -0.3 is 9.88 Å². The minimum atomic E-state index is 0.328. The number of rotatable bonds is 6. The maximum Gasteiger partial charge on any atom is 0.147 e. The molecule has 0 aliphatic heterocycles. The smallest absolute Gasteiger partial charge is 0.147 e. The van der Waals surface area contributed by atoms with Crippen LogP contribution in [0.4, 0.5) is 0 Å². The molecule has 1 aliphatic rings. The van der Waals surface area contributed by atoms with Crippen LogP contribution in [-0.4, -0.2) is 14.8 Å². The predicted octanol–water partition coefficient (Wildman–Crippen LogP) is 3.73. The van der Waals surface area contributed by atoms with Crippen LogP contribution in [-0.2, 0) is 25.9 Å². The summed E-state index contributed by atoms with van der Waals surface area (Å²) in [5.74, 6) is 2.04. The Hall–Kier alpha value is -1.68. The van der Waals surface area contributed by atoms with Crippen LogP contribution in [0.5, 0.6) is 0 Å². The summed E-state index contributed by atoms with van der Waals surface area (Å²) in [6.07, 6.45) is 6.26. The summed E-state index contributed by atoms with van der Waals surface area (Å²) in [7, 11) is 0. The normalized spacial score (nSPS) is 15.4. The first kappa shape index (κ1) is 16.2. The maximum absolute atomic E-state index is 4.32. The molecule has 0 saturated carbocycles. The first-order chi connectivity index (χ1) is 11.2. The van der Waals surface area contributed by atoms with E-state index >= 15 is 0 Å². The van der Waals surface area contributed by atoms with E-state index in [9.17, 15) is 0 Å². The second-order valence-electron chi connectivity index (χ2n) is 6.65. The van der Waals surface area contributed by atoms with Crippen molar-refractivity contribution in [3.05, 3.63) is 46.5 Å². The van der Waals surface area contributed by atoms with Crippen LogP contribution in [0.15, 0.2) is 18.2 Å². The molecule has 0 bridgehead atoms. The predicted molar refractivity (Wildman–Crippen MR) is 93.4 cm³/mol. The Morgan fingerprint density at radius 1 is 1.17 bits per heavy atom. The number of hydrogen-bond donors (Lipinski definition) is 1. The summed E-state index contributed by atoms with van der Waals surface area (Å²) in [6, 6.07) is 7.33. The number of hydrogen-bond acceptors (Lipinski definition) is 3. The zero-order valence-electron chi connectivity index (χ0n) is 14.6. The number of aromatic nitrogens is 3. The third kappa shape index (κ3) is 3.63. The van der Waals surface area contributed by atoms with Crippen molar-refractivity contribution >= 4 is 0 Å². The van der Waals surface area contributed by atoms with Crippen molar-refractivity contribution in [3.8, 4) is 0 Å². The summed E-state index contributed by atoms with van der Waals surface area (Å²) in [5.41, 5.74) is 4.47. The van der Waals surface area contributed by atoms with Crippen LogP contribution < -0.4 is 5.32 Å². The number of benzene rings is 1. The number of nitrogens with zero attached hydrogens (tertiary/aromatic N) is 3. The van der Waals surface area contributed by atoms with Crippen LogP contribution in [0.2, 0.25) is 0 Å². The van der Waals surface area contributed by atoms with Crippen molar-refractivity contribution in [2.24, 2.45) is 0 Å². The van der Waals surface area contributed by atoms with E-state index in [0.29, 0.717) is 6.04 Å². The zero-order valence-corrected chi connectivity index (χ0v) is 14.6. The zero-order chi connectivity index (χ0) is 16.2. The van der Waals surface area contributed by atoms with Gasteiger partial charge in [-0.05, 0) is 62.6 Å². The lowest BCUT2D eigenvalue weighted by Gasteiger charge is -2.20. The molecule has 2 aromatic rings. The molecule has 4 heteroatoms. The van der Waals surface area contributed by atoms with Crippen LogP contribution in [0, 0.1) is 6.92 Å². The average molecular weight is 312 g/mol. The maximum atomic E-state index is 4.32. The second kappa shape index (κ2) is 7.26. The molecular formula is C19H28N4. The topological polar surface area (TPSA) is 42.7 Å². The van der Waals surface area contributed by atoms with Gasteiger partial charge in [-0.3, -0.25) is 0 Å². The van der Waals surface area contributed by atoms with Gasteiger partial charge in [0.1, 0.15) is 11.6 Å². The van der Waals surface area contributed by atoms with Gasteiger partial charge in [0.25, 0.3) is 0 Å². The van der Waals surface area contributed by atoms with Crippen molar-refractivity contribution in [1.82, 2.24) is 20.1 Å². The van der Waals surface area contributed by atoms with E-state index < -0.39 is 0 Å². The van der Waals surface area contributed by atoms with Gasteiger partial charge in [-0.2, -0.15) is 0 Å². The number of aryl methyl sites for hydroxylation is 3. The third-order valence-corrected chi connectivity index (χ3v) is 4.90. The molecular weight excluding hydrogens is 284 g/mol. The molecule has 0 amide bonds. The van der Waals surface area contributed by atoms with Crippen molar-refractivity contribution in [1.29, 1.82) is 0 Å². The van der Waals surface area contributed by atoms with E-state index in [-0.39, 0.29) is 0 Å². The third-order valence-electron chi connectivity index (χ3n) is 4.90. The molecule has 1 aromatic heterocycles. The van der Waals surface area contributed by atoms with Gasteiger partial charge in [-0.25, -0.2) is 0 Å². The summed E-state index contributed by atoms with van der Waals surface area (Å²) >= 11 is 0. The van der Waals surface area contributed by atoms with Gasteiger partial charge >= 0.3 is 0 Å². The lowest BCUT2D eigenvalue weighted by atomic mass is 9.89. The van der Waals surface area contributed by atoms with Gasteiger partial charge in [-0.15, -0.1) is 10.2 Å². The number of fused-ring (bicyclic) bond motifs is 1. The van der Waals surface area contributed by atoms with Gasteiger partial charge in [-0.1, -0.05) is 25.1 Å². The van der Waals surface area contributed by atoms with Crippen LogP contribution >= 0.6 is 0 Å². The van der Waals surface area contributed by atoms with E-state index in [4.69, 9.17) is 0 Å². The molecule has 3 rings (SSSR count). The SMILES string of the molecule is CCCn1c(C)nnc1CNC(C)c1ccc2c(c1)CCCC2. The van der Waals surface area contributed by atoms with Gasteiger partial charge in [0.05, 0.1) is 6.54 Å². The van der Waals surface area contributed by atoms with E-state index in [2.05, 4.69) is 52.1 Å². The first-order valence-corrected chi connectivity index (χ1v) is 8.92. The van der Waals surface area contributed by atoms with Crippen LogP contribution in [0.1, 0.15) is 67.5 Å². The Morgan fingerprint density at radius 3 is 2.74 bits per heavy atom. The quantitative estimate of drug-likeness (QED) is 0.884. The molecule has 1 heterocycles. The summed E-state index contributed by atoms with van der Waals surface area (Å²) in [5, 5.41) is 12.1. The highest BCUT2D eigenvalue weighted by atomic mass is 15.3. The molecule has 0 spiro atoms. The van der Waals surface area contributed by atoms with Gasteiger partial charge in [0, 0.05) is 12.6 Å². The van der Waals surface area contributed by atoms with Crippen molar-refractivity contribution in [3.63, 3.8) is 0 Å². The minimum absolute atomic E-state index is 0.328. The fourth-order valence-corrected chi connectivity index (χ4v) is 3.46. The fourth-order valence-electron chi connectivity index (χ4n) is 3.46. The minimum Gasteiger partial charge on any atom is -0.314 e. The Bertz CT molecular complexity index is 659. The molecule has 0 fully saturated rings. The van der Waals surface area contributed by atoms with Gasteiger partial charge in [0.2, 0.25) is 0 Å². The number of nitrogens with one attached hydrogen (secondary N) is 1. The monoisotopic (exact) mass is 312 g/mol. The summed E-state index contributed by atoms with van der Waals surface area (Å²) in [4.78, 5) is 0. The lowest BCUT2D eigenvalue weighted by molar-refractivity contribution is 0.527. The lowest BCUT2D eigenvalue weighted by Crippen LogP contribution is -2.21. The highest BCUT2D eigenvalue weighted by molar-refractivity contribution is 5.35. The molecule has 1 unspecified atom stereocenters. The van der Waals surface area contributed by atoms with E-state index in [1.807, 2.05) is 6.92 Å².